The Morgan fingerprint density at radius 3 is 2.64 bits per heavy atom. The zero-order chi connectivity index (χ0) is 18.0. The highest BCUT2D eigenvalue weighted by atomic mass is 32.2. The summed E-state index contributed by atoms with van der Waals surface area (Å²) < 4.78 is 24.9. The lowest BCUT2D eigenvalue weighted by molar-refractivity contribution is -0.133. The van der Waals surface area contributed by atoms with Crippen LogP contribution in [0.5, 0.6) is 0 Å². The lowest BCUT2D eigenvalue weighted by Crippen LogP contribution is -2.39. The summed E-state index contributed by atoms with van der Waals surface area (Å²) >= 11 is 1.74. The monoisotopic (exact) mass is 377 g/mol. The molecule has 2 heterocycles. The van der Waals surface area contributed by atoms with Gasteiger partial charge in [0.15, 0.2) is 9.84 Å². The van der Waals surface area contributed by atoms with Gasteiger partial charge in [-0.15, -0.1) is 11.3 Å². The van der Waals surface area contributed by atoms with E-state index in [9.17, 15) is 13.2 Å². The van der Waals surface area contributed by atoms with Gasteiger partial charge in [0, 0.05) is 17.8 Å². The van der Waals surface area contributed by atoms with Crippen LogP contribution in [-0.2, 0) is 21.1 Å². The van der Waals surface area contributed by atoms with Gasteiger partial charge in [0.1, 0.15) is 0 Å². The van der Waals surface area contributed by atoms with Crippen LogP contribution in [0.15, 0.2) is 40.6 Å². The maximum Gasteiger partial charge on any atom is 0.224 e. The van der Waals surface area contributed by atoms with E-state index >= 15 is 0 Å². The Morgan fingerprint density at radius 1 is 1.24 bits per heavy atom. The fraction of sp³-hybridized carbons (Fsp3) is 0.421. The molecule has 4 nitrogen and oxygen atoms in total. The van der Waals surface area contributed by atoms with E-state index in [2.05, 4.69) is 18.4 Å². The van der Waals surface area contributed by atoms with Crippen LogP contribution >= 0.6 is 11.3 Å². The SMILES string of the molecule is CCC1c2ccsc2CCN1C(=O)CCS(=O)(=O)c1ccc(C)cc1. The Bertz CT molecular complexity index is 853. The quantitative estimate of drug-likeness (QED) is 0.797. The van der Waals surface area contributed by atoms with Crippen molar-refractivity contribution >= 4 is 27.1 Å². The van der Waals surface area contributed by atoms with E-state index in [4.69, 9.17) is 0 Å². The largest absolute Gasteiger partial charge is 0.335 e. The summed E-state index contributed by atoms with van der Waals surface area (Å²) in [7, 11) is -3.43. The fourth-order valence-corrected chi connectivity index (χ4v) is 5.52. The lowest BCUT2D eigenvalue weighted by Gasteiger charge is -2.35. The average Bonchev–Trinajstić information content (AvgIpc) is 3.08. The fourth-order valence-electron chi connectivity index (χ4n) is 3.36. The van der Waals surface area contributed by atoms with Gasteiger partial charge in [-0.3, -0.25) is 4.79 Å². The van der Waals surface area contributed by atoms with E-state index in [-0.39, 0.29) is 29.0 Å². The molecule has 3 rings (SSSR count). The third-order valence-electron chi connectivity index (χ3n) is 4.77. The van der Waals surface area contributed by atoms with Crippen LogP contribution in [-0.4, -0.2) is 31.5 Å². The van der Waals surface area contributed by atoms with Crippen LogP contribution < -0.4 is 0 Å². The molecular weight excluding hydrogens is 354 g/mol. The first-order valence-corrected chi connectivity index (χ1v) is 11.1. The van der Waals surface area contributed by atoms with Gasteiger partial charge in [0.05, 0.1) is 16.7 Å². The van der Waals surface area contributed by atoms with E-state index < -0.39 is 9.84 Å². The second-order valence-electron chi connectivity index (χ2n) is 6.44. The molecule has 1 aromatic heterocycles. The molecule has 6 heteroatoms. The first kappa shape index (κ1) is 18.1. The molecule has 0 bridgehead atoms. The zero-order valence-corrected chi connectivity index (χ0v) is 16.2. The van der Waals surface area contributed by atoms with Crippen molar-refractivity contribution in [1.82, 2.24) is 4.90 Å². The summed E-state index contributed by atoms with van der Waals surface area (Å²) in [4.78, 5) is 16.2. The van der Waals surface area contributed by atoms with E-state index in [1.807, 2.05) is 11.8 Å². The zero-order valence-electron chi connectivity index (χ0n) is 14.6. The number of fused-ring (bicyclic) bond motifs is 1. The van der Waals surface area contributed by atoms with Gasteiger partial charge in [-0.25, -0.2) is 8.42 Å². The Hall–Kier alpha value is -1.66. The molecule has 0 spiro atoms. The van der Waals surface area contributed by atoms with Gasteiger partial charge >= 0.3 is 0 Å². The van der Waals surface area contributed by atoms with Gasteiger partial charge in [0.2, 0.25) is 5.91 Å². The maximum atomic E-state index is 12.7. The van der Waals surface area contributed by atoms with E-state index in [1.165, 1.54) is 10.4 Å². The summed E-state index contributed by atoms with van der Waals surface area (Å²) in [6, 6.07) is 8.96. The maximum absolute atomic E-state index is 12.7. The van der Waals surface area contributed by atoms with Gasteiger partial charge in [-0.2, -0.15) is 0 Å². The van der Waals surface area contributed by atoms with Crippen molar-refractivity contribution in [2.45, 2.75) is 44.0 Å². The summed E-state index contributed by atoms with van der Waals surface area (Å²) in [6.45, 7) is 4.66. The molecule has 1 unspecified atom stereocenters. The van der Waals surface area contributed by atoms with Gasteiger partial charge < -0.3 is 4.90 Å². The second-order valence-corrected chi connectivity index (χ2v) is 9.55. The third kappa shape index (κ3) is 3.80. The molecule has 134 valence electrons. The van der Waals surface area contributed by atoms with Crippen molar-refractivity contribution in [2.75, 3.05) is 12.3 Å². The van der Waals surface area contributed by atoms with E-state index in [0.29, 0.717) is 6.54 Å². The predicted octanol–water partition coefficient (Wildman–Crippen LogP) is 3.76. The number of rotatable bonds is 5. The number of amides is 1. The highest BCUT2D eigenvalue weighted by Gasteiger charge is 2.30. The molecule has 0 fully saturated rings. The van der Waals surface area contributed by atoms with Crippen LogP contribution in [0.25, 0.3) is 0 Å². The molecule has 2 aromatic rings. The van der Waals surface area contributed by atoms with Crippen molar-refractivity contribution in [1.29, 1.82) is 0 Å². The Labute approximate surface area is 153 Å². The van der Waals surface area contributed by atoms with Gasteiger partial charge in [-0.1, -0.05) is 24.6 Å². The number of aryl methyl sites for hydroxylation is 1. The molecular formula is C19H23NO3S2. The van der Waals surface area contributed by atoms with Crippen molar-refractivity contribution in [2.24, 2.45) is 0 Å². The first-order chi connectivity index (χ1) is 11.9. The van der Waals surface area contributed by atoms with Crippen LogP contribution in [0.3, 0.4) is 0 Å². The molecule has 0 N–H and O–H groups in total. The summed E-state index contributed by atoms with van der Waals surface area (Å²) in [5.41, 5.74) is 2.24. The molecule has 0 saturated heterocycles. The molecule has 25 heavy (non-hydrogen) atoms. The minimum Gasteiger partial charge on any atom is -0.335 e. The summed E-state index contributed by atoms with van der Waals surface area (Å²) in [6.07, 6.45) is 1.74. The topological polar surface area (TPSA) is 54.5 Å². The molecule has 1 amide bonds. The Kier molecular flexibility index (Phi) is 5.29. The minimum absolute atomic E-state index is 0.0339. The molecule has 1 atom stereocenters. The van der Waals surface area contributed by atoms with E-state index in [0.717, 1.165) is 18.4 Å². The van der Waals surface area contributed by atoms with Gasteiger partial charge in [-0.05, 0) is 48.9 Å². The Morgan fingerprint density at radius 2 is 1.96 bits per heavy atom. The predicted molar refractivity (Wildman–Crippen MR) is 101 cm³/mol. The van der Waals surface area contributed by atoms with Crippen molar-refractivity contribution in [3.8, 4) is 0 Å². The number of hydrogen-bond acceptors (Lipinski definition) is 4. The highest BCUT2D eigenvalue weighted by molar-refractivity contribution is 7.91. The number of nitrogens with zero attached hydrogens (tertiary/aromatic N) is 1. The third-order valence-corrected chi connectivity index (χ3v) is 7.50. The van der Waals surface area contributed by atoms with E-state index in [1.54, 1.807) is 35.6 Å². The van der Waals surface area contributed by atoms with Crippen LogP contribution in [0, 0.1) is 6.92 Å². The van der Waals surface area contributed by atoms with Crippen LogP contribution in [0.2, 0.25) is 0 Å². The molecule has 1 aliphatic heterocycles. The number of carbonyl (C=O) groups excluding carboxylic acids is 1. The summed E-state index contributed by atoms with van der Waals surface area (Å²) in [5.74, 6) is -0.211. The average molecular weight is 378 g/mol. The normalized spacial score (nSPS) is 17.4. The van der Waals surface area contributed by atoms with Gasteiger partial charge in [0.25, 0.3) is 0 Å². The number of hydrogen-bond donors (Lipinski definition) is 0. The number of benzene rings is 1. The van der Waals surface area contributed by atoms with Crippen LogP contribution in [0.1, 0.15) is 41.8 Å². The molecule has 1 aliphatic rings. The Balaban J connectivity index is 1.69. The van der Waals surface area contributed by atoms with Crippen molar-refractivity contribution < 1.29 is 13.2 Å². The molecule has 0 radical (unpaired) electrons. The second kappa shape index (κ2) is 7.30. The highest BCUT2D eigenvalue weighted by Crippen LogP contribution is 2.35. The molecule has 1 aromatic carbocycles. The minimum atomic E-state index is -3.43. The number of carbonyl (C=O) groups is 1. The number of sulfone groups is 1. The number of thiophene rings is 1. The lowest BCUT2D eigenvalue weighted by atomic mass is 9.97. The van der Waals surface area contributed by atoms with Crippen LogP contribution in [0.4, 0.5) is 0 Å². The smallest absolute Gasteiger partial charge is 0.224 e. The first-order valence-electron chi connectivity index (χ1n) is 8.57. The van der Waals surface area contributed by atoms with Crippen molar-refractivity contribution in [3.63, 3.8) is 0 Å². The van der Waals surface area contributed by atoms with Crippen molar-refractivity contribution in [3.05, 3.63) is 51.7 Å². The summed E-state index contributed by atoms with van der Waals surface area (Å²) in [5, 5.41) is 2.07. The molecule has 0 aliphatic carbocycles. The standard InChI is InChI=1S/C19H23NO3S2/c1-3-17-16-9-12-24-18(16)8-11-20(17)19(21)10-13-25(22,23)15-6-4-14(2)5-7-15/h4-7,9,12,17H,3,8,10-11,13H2,1-2H3. The molecule has 0 saturated carbocycles.